The molecule has 1 atom stereocenters. The van der Waals surface area contributed by atoms with Crippen molar-refractivity contribution in [3.63, 3.8) is 0 Å². The van der Waals surface area contributed by atoms with E-state index in [2.05, 4.69) is 5.32 Å². The molecule has 0 aromatic heterocycles. The largest absolute Gasteiger partial charge is 0.480 e. The van der Waals surface area contributed by atoms with Crippen LogP contribution in [0.4, 0.5) is 0 Å². The number of halogens is 1. The number of hydrogen-bond acceptors (Lipinski definition) is 3. The zero-order valence-electron chi connectivity index (χ0n) is 12.0. The van der Waals surface area contributed by atoms with Crippen LogP contribution in [0.5, 0.6) is 0 Å². The zero-order chi connectivity index (χ0) is 15.7. The fourth-order valence-corrected chi connectivity index (χ4v) is 2.79. The average molecular weight is 330 g/mol. The molecule has 1 aromatic rings. The van der Waals surface area contributed by atoms with E-state index in [4.69, 9.17) is 16.7 Å². The molecule has 0 bridgehead atoms. The van der Waals surface area contributed by atoms with Crippen molar-refractivity contribution in [2.45, 2.75) is 38.0 Å². The highest BCUT2D eigenvalue weighted by Crippen LogP contribution is 2.16. The molecule has 0 spiro atoms. The van der Waals surface area contributed by atoms with Crippen LogP contribution < -0.4 is 5.32 Å². The number of rotatable bonds is 9. The molecule has 1 rings (SSSR count). The number of nitrogens with one attached hydrogen (secondary N) is 1. The van der Waals surface area contributed by atoms with E-state index >= 15 is 0 Å². The highest BCUT2D eigenvalue weighted by Gasteiger charge is 2.18. The third-order valence-corrected chi connectivity index (χ3v) is 4.11. The van der Waals surface area contributed by atoms with Crippen LogP contribution in [0.15, 0.2) is 24.3 Å². The third kappa shape index (κ3) is 7.39. The molecule has 0 heterocycles. The molecule has 4 nitrogen and oxygen atoms in total. The molecule has 0 saturated carbocycles. The van der Waals surface area contributed by atoms with Gasteiger partial charge in [0.1, 0.15) is 6.04 Å². The van der Waals surface area contributed by atoms with E-state index in [1.807, 2.05) is 25.1 Å². The average Bonchev–Trinajstić information content (AvgIpc) is 2.43. The summed E-state index contributed by atoms with van der Waals surface area (Å²) in [6, 6.07) is 6.67. The minimum absolute atomic E-state index is 0.239. The summed E-state index contributed by atoms with van der Waals surface area (Å²) in [6.07, 6.45) is 2.16. The molecular formula is C15H20ClNO3S. The number of benzene rings is 1. The first kappa shape index (κ1) is 17.9. The molecule has 0 aliphatic heterocycles. The molecule has 0 aliphatic rings. The summed E-state index contributed by atoms with van der Waals surface area (Å²) < 4.78 is 0. The SMILES string of the molecule is CCCCC(NC(=O)CSCc1cccc(Cl)c1)C(=O)O. The summed E-state index contributed by atoms with van der Waals surface area (Å²) in [5, 5.41) is 12.3. The minimum Gasteiger partial charge on any atom is -0.480 e. The Hall–Kier alpha value is -1.20. The van der Waals surface area contributed by atoms with Gasteiger partial charge in [0.2, 0.25) is 5.91 Å². The van der Waals surface area contributed by atoms with E-state index in [0.717, 1.165) is 18.4 Å². The van der Waals surface area contributed by atoms with Gasteiger partial charge in [-0.2, -0.15) is 0 Å². The molecule has 1 aromatic carbocycles. The molecule has 0 saturated heterocycles. The smallest absolute Gasteiger partial charge is 0.326 e. The van der Waals surface area contributed by atoms with Gasteiger partial charge >= 0.3 is 5.97 Å². The Morgan fingerprint density at radius 1 is 1.43 bits per heavy atom. The monoisotopic (exact) mass is 329 g/mol. The normalized spacial score (nSPS) is 11.9. The molecular weight excluding hydrogens is 310 g/mol. The number of carboxylic acid groups (broad SMARTS) is 1. The summed E-state index contributed by atoms with van der Waals surface area (Å²) >= 11 is 7.32. The summed E-state index contributed by atoms with van der Waals surface area (Å²) in [4.78, 5) is 22.8. The van der Waals surface area contributed by atoms with Crippen molar-refractivity contribution >= 4 is 35.2 Å². The first-order valence-electron chi connectivity index (χ1n) is 6.87. The number of thioether (sulfide) groups is 1. The molecule has 1 unspecified atom stereocenters. The second kappa shape index (κ2) is 9.68. The Morgan fingerprint density at radius 3 is 2.81 bits per heavy atom. The molecule has 116 valence electrons. The molecule has 0 radical (unpaired) electrons. The molecule has 2 N–H and O–H groups in total. The highest BCUT2D eigenvalue weighted by atomic mass is 35.5. The van der Waals surface area contributed by atoms with E-state index in [-0.39, 0.29) is 11.7 Å². The Balaban J connectivity index is 2.34. The van der Waals surface area contributed by atoms with Crippen LogP contribution in [-0.4, -0.2) is 28.8 Å². The standard InChI is InChI=1S/C15H20ClNO3S/c1-2-3-7-13(15(19)20)17-14(18)10-21-9-11-5-4-6-12(16)8-11/h4-6,8,13H,2-3,7,9-10H2,1H3,(H,17,18)(H,19,20). The Bertz CT molecular complexity index is 482. The van der Waals surface area contributed by atoms with Gasteiger partial charge in [-0.15, -0.1) is 11.8 Å². The minimum atomic E-state index is -0.975. The number of amides is 1. The van der Waals surface area contributed by atoms with Crippen LogP contribution in [-0.2, 0) is 15.3 Å². The number of carboxylic acids is 1. The number of carbonyl (C=O) groups is 2. The lowest BCUT2D eigenvalue weighted by atomic mass is 10.1. The first-order chi connectivity index (χ1) is 10.0. The van der Waals surface area contributed by atoms with Crippen molar-refractivity contribution in [1.29, 1.82) is 0 Å². The summed E-state index contributed by atoms with van der Waals surface area (Å²) in [5.74, 6) is -0.314. The number of unbranched alkanes of at least 4 members (excludes halogenated alkanes) is 1. The van der Waals surface area contributed by atoms with Crippen molar-refractivity contribution in [1.82, 2.24) is 5.32 Å². The summed E-state index contributed by atoms with van der Waals surface area (Å²) in [6.45, 7) is 1.99. The predicted molar refractivity (Wildman–Crippen MR) is 86.7 cm³/mol. The lowest BCUT2D eigenvalue weighted by Crippen LogP contribution is -2.41. The van der Waals surface area contributed by atoms with E-state index < -0.39 is 12.0 Å². The van der Waals surface area contributed by atoms with Crippen LogP contribution in [0.3, 0.4) is 0 Å². The summed E-state index contributed by atoms with van der Waals surface area (Å²) in [5.41, 5.74) is 1.04. The van der Waals surface area contributed by atoms with Gasteiger partial charge in [-0.05, 0) is 24.1 Å². The van der Waals surface area contributed by atoms with Gasteiger partial charge in [0.05, 0.1) is 5.75 Å². The van der Waals surface area contributed by atoms with Gasteiger partial charge in [-0.1, -0.05) is 43.5 Å². The Morgan fingerprint density at radius 2 is 2.19 bits per heavy atom. The zero-order valence-corrected chi connectivity index (χ0v) is 13.5. The predicted octanol–water partition coefficient (Wildman–Crippen LogP) is 3.33. The lowest BCUT2D eigenvalue weighted by molar-refractivity contribution is -0.141. The van der Waals surface area contributed by atoms with Gasteiger partial charge < -0.3 is 10.4 Å². The number of hydrogen-bond donors (Lipinski definition) is 2. The van der Waals surface area contributed by atoms with Crippen molar-refractivity contribution < 1.29 is 14.7 Å². The van der Waals surface area contributed by atoms with Crippen LogP contribution in [0.25, 0.3) is 0 Å². The maximum atomic E-state index is 11.8. The van der Waals surface area contributed by atoms with E-state index in [1.165, 1.54) is 11.8 Å². The van der Waals surface area contributed by atoms with Gasteiger partial charge in [-0.3, -0.25) is 4.79 Å². The molecule has 0 aliphatic carbocycles. The fraction of sp³-hybridized carbons (Fsp3) is 0.467. The molecule has 0 fully saturated rings. The fourth-order valence-electron chi connectivity index (χ4n) is 1.79. The van der Waals surface area contributed by atoms with Crippen molar-refractivity contribution in [3.8, 4) is 0 Å². The van der Waals surface area contributed by atoms with Gasteiger partial charge in [0.15, 0.2) is 0 Å². The van der Waals surface area contributed by atoms with Crippen molar-refractivity contribution in [2.75, 3.05) is 5.75 Å². The van der Waals surface area contributed by atoms with Crippen LogP contribution in [0, 0.1) is 0 Å². The second-order valence-corrected chi connectivity index (χ2v) is 6.15. The number of carbonyl (C=O) groups excluding carboxylic acids is 1. The van der Waals surface area contributed by atoms with E-state index in [0.29, 0.717) is 17.2 Å². The molecule has 6 heteroatoms. The molecule has 1 amide bonds. The van der Waals surface area contributed by atoms with Crippen LogP contribution >= 0.6 is 23.4 Å². The quantitative estimate of drug-likeness (QED) is 0.729. The van der Waals surface area contributed by atoms with Crippen LogP contribution in [0.2, 0.25) is 5.02 Å². The lowest BCUT2D eigenvalue weighted by Gasteiger charge is -2.13. The first-order valence-corrected chi connectivity index (χ1v) is 8.40. The summed E-state index contributed by atoms with van der Waals surface area (Å²) in [7, 11) is 0. The maximum Gasteiger partial charge on any atom is 0.326 e. The van der Waals surface area contributed by atoms with Crippen molar-refractivity contribution in [2.24, 2.45) is 0 Å². The maximum absolute atomic E-state index is 11.8. The Kier molecular flexibility index (Phi) is 8.23. The third-order valence-electron chi connectivity index (χ3n) is 2.87. The van der Waals surface area contributed by atoms with Gasteiger partial charge in [0.25, 0.3) is 0 Å². The Labute approximate surface area is 134 Å². The highest BCUT2D eigenvalue weighted by molar-refractivity contribution is 7.99. The number of aliphatic carboxylic acids is 1. The molecule has 21 heavy (non-hydrogen) atoms. The van der Waals surface area contributed by atoms with Gasteiger partial charge in [-0.25, -0.2) is 4.79 Å². The second-order valence-electron chi connectivity index (χ2n) is 4.72. The van der Waals surface area contributed by atoms with Crippen LogP contribution in [0.1, 0.15) is 31.7 Å². The van der Waals surface area contributed by atoms with Gasteiger partial charge in [0, 0.05) is 10.8 Å². The topological polar surface area (TPSA) is 66.4 Å². The van der Waals surface area contributed by atoms with Crippen molar-refractivity contribution in [3.05, 3.63) is 34.9 Å². The van der Waals surface area contributed by atoms with E-state index in [1.54, 1.807) is 6.07 Å². The van der Waals surface area contributed by atoms with E-state index in [9.17, 15) is 9.59 Å².